The number of pyridine rings is 1. The number of anilines is 1. The van der Waals surface area contributed by atoms with Gasteiger partial charge in [0, 0.05) is 34.9 Å². The van der Waals surface area contributed by atoms with Crippen molar-refractivity contribution in [1.29, 1.82) is 0 Å². The van der Waals surface area contributed by atoms with Crippen molar-refractivity contribution in [2.45, 2.75) is 27.2 Å². The zero-order chi connectivity index (χ0) is 15.4. The third-order valence-electron chi connectivity index (χ3n) is 3.55. The van der Waals surface area contributed by atoms with Gasteiger partial charge in [-0.3, -0.25) is 0 Å². The van der Waals surface area contributed by atoms with E-state index in [0.717, 1.165) is 28.9 Å². The van der Waals surface area contributed by atoms with Crippen LogP contribution < -0.4 is 4.90 Å². The summed E-state index contributed by atoms with van der Waals surface area (Å²) in [5.74, 6) is 1.34. The Morgan fingerprint density at radius 3 is 3.00 bits per heavy atom. The van der Waals surface area contributed by atoms with E-state index in [1.807, 2.05) is 19.1 Å². The van der Waals surface area contributed by atoms with Crippen LogP contribution in [0.1, 0.15) is 32.8 Å². The SMILES string of the molecule is CCOC(=O)C(C)=Cc1cc(Br)cnc1N1CCC(C)C1. The van der Waals surface area contributed by atoms with Gasteiger partial charge in [0.25, 0.3) is 0 Å². The summed E-state index contributed by atoms with van der Waals surface area (Å²) < 4.78 is 5.94. The number of halogens is 1. The standard InChI is InChI=1S/C16H21BrN2O2/c1-4-21-16(20)12(3)7-13-8-14(17)9-18-15(13)19-6-5-11(2)10-19/h7-9,11H,4-6,10H2,1-3H3. The fourth-order valence-corrected chi connectivity index (χ4v) is 2.83. The summed E-state index contributed by atoms with van der Waals surface area (Å²) in [6.45, 7) is 8.23. The maximum atomic E-state index is 11.8. The average Bonchev–Trinajstić information content (AvgIpc) is 2.85. The normalized spacial score (nSPS) is 19.0. The van der Waals surface area contributed by atoms with Gasteiger partial charge in [0.05, 0.1) is 6.61 Å². The number of aromatic nitrogens is 1. The van der Waals surface area contributed by atoms with Crippen molar-refractivity contribution >= 4 is 33.8 Å². The first kappa shape index (κ1) is 16.0. The van der Waals surface area contributed by atoms with Gasteiger partial charge < -0.3 is 9.64 Å². The number of hydrogen-bond acceptors (Lipinski definition) is 4. The van der Waals surface area contributed by atoms with Gasteiger partial charge in [-0.1, -0.05) is 6.92 Å². The summed E-state index contributed by atoms with van der Waals surface area (Å²) in [5.41, 5.74) is 1.54. The molecule has 2 rings (SSSR count). The Labute approximate surface area is 134 Å². The Morgan fingerprint density at radius 2 is 2.38 bits per heavy atom. The van der Waals surface area contributed by atoms with Crippen LogP contribution in [0.3, 0.4) is 0 Å². The van der Waals surface area contributed by atoms with Crippen LogP contribution in [-0.4, -0.2) is 30.6 Å². The van der Waals surface area contributed by atoms with Crippen molar-refractivity contribution in [2.24, 2.45) is 5.92 Å². The van der Waals surface area contributed by atoms with Gasteiger partial charge in [-0.25, -0.2) is 9.78 Å². The number of esters is 1. The molecule has 0 amide bonds. The van der Waals surface area contributed by atoms with E-state index in [1.165, 1.54) is 6.42 Å². The molecule has 5 heteroatoms. The quantitative estimate of drug-likeness (QED) is 0.612. The van der Waals surface area contributed by atoms with Crippen molar-refractivity contribution in [1.82, 2.24) is 4.98 Å². The molecule has 21 heavy (non-hydrogen) atoms. The molecule has 0 radical (unpaired) electrons. The predicted molar refractivity (Wildman–Crippen MR) is 88.2 cm³/mol. The first-order chi connectivity index (χ1) is 10.0. The molecular formula is C16H21BrN2O2. The summed E-state index contributed by atoms with van der Waals surface area (Å²) in [4.78, 5) is 18.6. The smallest absolute Gasteiger partial charge is 0.333 e. The number of ether oxygens (including phenoxy) is 1. The summed E-state index contributed by atoms with van der Waals surface area (Å²) in [6.07, 6.45) is 4.83. The lowest BCUT2D eigenvalue weighted by molar-refractivity contribution is -0.138. The molecule has 114 valence electrons. The molecule has 0 saturated carbocycles. The van der Waals surface area contributed by atoms with Crippen LogP contribution in [0.2, 0.25) is 0 Å². The molecule has 0 spiro atoms. The minimum atomic E-state index is -0.279. The van der Waals surface area contributed by atoms with E-state index >= 15 is 0 Å². The molecule has 0 N–H and O–H groups in total. The fraction of sp³-hybridized carbons (Fsp3) is 0.500. The van der Waals surface area contributed by atoms with Crippen LogP contribution in [0.4, 0.5) is 5.82 Å². The summed E-state index contributed by atoms with van der Waals surface area (Å²) in [7, 11) is 0. The van der Waals surface area contributed by atoms with Crippen LogP contribution in [0.5, 0.6) is 0 Å². The monoisotopic (exact) mass is 352 g/mol. The molecule has 1 atom stereocenters. The summed E-state index contributed by atoms with van der Waals surface area (Å²) in [6, 6.07) is 1.99. The first-order valence-electron chi connectivity index (χ1n) is 7.27. The topological polar surface area (TPSA) is 42.4 Å². The molecule has 1 aliphatic heterocycles. The highest BCUT2D eigenvalue weighted by Crippen LogP contribution is 2.28. The largest absolute Gasteiger partial charge is 0.463 e. The van der Waals surface area contributed by atoms with E-state index in [2.05, 4.69) is 32.7 Å². The van der Waals surface area contributed by atoms with Crippen molar-refractivity contribution in [3.63, 3.8) is 0 Å². The number of carbonyl (C=O) groups is 1. The molecular weight excluding hydrogens is 332 g/mol. The first-order valence-corrected chi connectivity index (χ1v) is 8.06. The van der Waals surface area contributed by atoms with Gasteiger partial charge in [-0.15, -0.1) is 0 Å². The van der Waals surface area contributed by atoms with Gasteiger partial charge in [0.1, 0.15) is 5.82 Å². The van der Waals surface area contributed by atoms with Crippen molar-refractivity contribution in [3.8, 4) is 0 Å². The Bertz CT molecular complexity index is 557. The highest BCUT2D eigenvalue weighted by Gasteiger charge is 2.22. The molecule has 1 unspecified atom stereocenters. The Morgan fingerprint density at radius 1 is 1.62 bits per heavy atom. The Kier molecular flexibility index (Phi) is 5.39. The van der Waals surface area contributed by atoms with Gasteiger partial charge in [-0.05, 0) is 54.3 Å². The third-order valence-corrected chi connectivity index (χ3v) is 3.99. The molecule has 1 aromatic heterocycles. The second-order valence-corrected chi connectivity index (χ2v) is 6.37. The third kappa shape index (κ3) is 4.06. The fourth-order valence-electron chi connectivity index (χ4n) is 2.48. The lowest BCUT2D eigenvalue weighted by atomic mass is 10.1. The van der Waals surface area contributed by atoms with E-state index in [9.17, 15) is 4.79 Å². The van der Waals surface area contributed by atoms with Crippen LogP contribution in [0.15, 0.2) is 22.3 Å². The van der Waals surface area contributed by atoms with Crippen LogP contribution in [0.25, 0.3) is 6.08 Å². The molecule has 4 nitrogen and oxygen atoms in total. The molecule has 2 heterocycles. The number of carbonyl (C=O) groups excluding carboxylic acids is 1. The minimum Gasteiger partial charge on any atom is -0.463 e. The second kappa shape index (κ2) is 7.07. The van der Waals surface area contributed by atoms with Gasteiger partial charge in [0.2, 0.25) is 0 Å². The molecule has 1 saturated heterocycles. The van der Waals surface area contributed by atoms with Gasteiger partial charge in [0.15, 0.2) is 0 Å². The summed E-state index contributed by atoms with van der Waals surface area (Å²) in [5, 5.41) is 0. The van der Waals surface area contributed by atoms with Crippen molar-refractivity contribution in [3.05, 3.63) is 27.9 Å². The molecule has 0 bridgehead atoms. The summed E-state index contributed by atoms with van der Waals surface area (Å²) >= 11 is 3.45. The lowest BCUT2D eigenvalue weighted by Gasteiger charge is -2.19. The zero-order valence-electron chi connectivity index (χ0n) is 12.7. The van der Waals surface area contributed by atoms with E-state index < -0.39 is 0 Å². The maximum Gasteiger partial charge on any atom is 0.333 e. The molecule has 1 fully saturated rings. The van der Waals surface area contributed by atoms with E-state index in [0.29, 0.717) is 18.1 Å². The van der Waals surface area contributed by atoms with Crippen LogP contribution in [0, 0.1) is 5.92 Å². The maximum absolute atomic E-state index is 11.8. The number of hydrogen-bond donors (Lipinski definition) is 0. The molecule has 1 aliphatic rings. The minimum absolute atomic E-state index is 0.279. The Balaban J connectivity index is 2.31. The van der Waals surface area contributed by atoms with Crippen LogP contribution in [-0.2, 0) is 9.53 Å². The molecule has 0 aromatic carbocycles. The average molecular weight is 353 g/mol. The van der Waals surface area contributed by atoms with Crippen LogP contribution >= 0.6 is 15.9 Å². The van der Waals surface area contributed by atoms with Gasteiger partial charge >= 0.3 is 5.97 Å². The van der Waals surface area contributed by atoms with E-state index in [4.69, 9.17) is 4.74 Å². The highest BCUT2D eigenvalue weighted by molar-refractivity contribution is 9.10. The zero-order valence-corrected chi connectivity index (χ0v) is 14.3. The second-order valence-electron chi connectivity index (χ2n) is 5.45. The lowest BCUT2D eigenvalue weighted by Crippen LogP contribution is -2.21. The van der Waals surface area contributed by atoms with Crippen molar-refractivity contribution < 1.29 is 9.53 Å². The Hall–Kier alpha value is -1.36. The molecule has 0 aliphatic carbocycles. The van der Waals surface area contributed by atoms with Gasteiger partial charge in [-0.2, -0.15) is 0 Å². The van der Waals surface area contributed by atoms with E-state index in [1.54, 1.807) is 13.1 Å². The van der Waals surface area contributed by atoms with Crippen molar-refractivity contribution in [2.75, 3.05) is 24.6 Å². The highest BCUT2D eigenvalue weighted by atomic mass is 79.9. The molecule has 1 aromatic rings. The van der Waals surface area contributed by atoms with E-state index in [-0.39, 0.29) is 5.97 Å². The predicted octanol–water partition coefficient (Wildman–Crippen LogP) is 3.66. The number of rotatable bonds is 4. The number of nitrogens with zero attached hydrogens (tertiary/aromatic N) is 2.